The standard InChI is InChI=1S/C5H5ClFN3.C4HCl2FN2.CH5N.CH4O/c1-8-4-3(7)2-9-5(6)10-4;5-3-2(7)1-8-4(6)9-3;2*1-2/h2H,1H3,(H,8,9,10);1H;2H2,1H3;2H,1H3. The average Bonchev–Trinajstić information content (AvgIpc) is 2.58. The Morgan fingerprint density at radius 3 is 1.74 bits per heavy atom. The average molecular weight is 392 g/mol. The predicted molar refractivity (Wildman–Crippen MR) is 86.8 cm³/mol. The van der Waals surface area contributed by atoms with E-state index in [1.807, 2.05) is 0 Å². The Morgan fingerprint density at radius 2 is 1.39 bits per heavy atom. The first-order valence-corrected chi connectivity index (χ1v) is 6.79. The molecule has 12 heteroatoms. The van der Waals surface area contributed by atoms with Crippen LogP contribution in [0.1, 0.15) is 0 Å². The fourth-order valence-corrected chi connectivity index (χ4v) is 1.29. The zero-order valence-corrected chi connectivity index (χ0v) is 14.6. The summed E-state index contributed by atoms with van der Waals surface area (Å²) in [5, 5.41) is 9.25. The maximum absolute atomic E-state index is 12.5. The summed E-state index contributed by atoms with van der Waals surface area (Å²) in [4.78, 5) is 13.6. The summed E-state index contributed by atoms with van der Waals surface area (Å²) >= 11 is 15.8. The molecule has 0 amide bonds. The number of nitrogens with one attached hydrogen (secondary N) is 1. The third-order valence-electron chi connectivity index (χ3n) is 1.62. The minimum absolute atomic E-state index is 0.0331. The zero-order valence-electron chi connectivity index (χ0n) is 12.4. The van der Waals surface area contributed by atoms with Crippen molar-refractivity contribution in [3.05, 3.63) is 39.7 Å². The molecule has 0 spiro atoms. The van der Waals surface area contributed by atoms with E-state index in [0.717, 1.165) is 19.5 Å². The lowest BCUT2D eigenvalue weighted by Crippen LogP contribution is -1.97. The van der Waals surface area contributed by atoms with Gasteiger partial charge in [-0.1, -0.05) is 11.6 Å². The largest absolute Gasteiger partial charge is 0.400 e. The fraction of sp³-hybridized carbons (Fsp3) is 0.273. The van der Waals surface area contributed by atoms with Crippen LogP contribution >= 0.6 is 34.8 Å². The molecule has 0 radical (unpaired) electrons. The second-order valence-electron chi connectivity index (χ2n) is 2.86. The molecule has 2 aromatic rings. The van der Waals surface area contributed by atoms with Crippen LogP contribution in [-0.2, 0) is 0 Å². The van der Waals surface area contributed by atoms with Gasteiger partial charge in [0.25, 0.3) is 0 Å². The van der Waals surface area contributed by atoms with Crippen LogP contribution in [0.15, 0.2) is 12.4 Å². The third-order valence-corrected chi connectivity index (χ3v) is 2.25. The predicted octanol–water partition coefficient (Wildman–Crippen LogP) is 2.42. The lowest BCUT2D eigenvalue weighted by Gasteiger charge is -1.98. The Hall–Kier alpha value is -1.39. The molecule has 0 aliphatic carbocycles. The molecule has 0 bridgehead atoms. The minimum atomic E-state index is -0.666. The molecule has 0 saturated carbocycles. The van der Waals surface area contributed by atoms with E-state index in [0.29, 0.717) is 0 Å². The van der Waals surface area contributed by atoms with Crippen LogP contribution in [-0.4, -0.2) is 46.2 Å². The van der Waals surface area contributed by atoms with E-state index in [9.17, 15) is 8.78 Å². The van der Waals surface area contributed by atoms with E-state index in [4.69, 9.17) is 39.9 Å². The van der Waals surface area contributed by atoms with Crippen molar-refractivity contribution >= 4 is 40.6 Å². The van der Waals surface area contributed by atoms with Crippen LogP contribution in [0.5, 0.6) is 0 Å². The van der Waals surface area contributed by atoms with Crippen molar-refractivity contribution in [2.24, 2.45) is 5.73 Å². The molecule has 23 heavy (non-hydrogen) atoms. The van der Waals surface area contributed by atoms with Crippen molar-refractivity contribution in [2.45, 2.75) is 0 Å². The number of nitrogens with zero attached hydrogens (tertiary/aromatic N) is 4. The Balaban J connectivity index is 0. The second-order valence-corrected chi connectivity index (χ2v) is 3.90. The molecule has 4 N–H and O–H groups in total. The van der Waals surface area contributed by atoms with Crippen LogP contribution in [0.3, 0.4) is 0 Å². The van der Waals surface area contributed by atoms with Crippen molar-refractivity contribution in [1.29, 1.82) is 0 Å². The molecule has 2 aromatic heterocycles. The number of aliphatic hydroxyl groups excluding tert-OH is 1. The van der Waals surface area contributed by atoms with Crippen LogP contribution in [0.25, 0.3) is 0 Å². The number of hydrogen-bond acceptors (Lipinski definition) is 7. The lowest BCUT2D eigenvalue weighted by atomic mass is 10.5. The van der Waals surface area contributed by atoms with Gasteiger partial charge in [0.15, 0.2) is 22.6 Å². The van der Waals surface area contributed by atoms with E-state index in [2.05, 4.69) is 31.0 Å². The first kappa shape index (κ1) is 23.9. The molecule has 0 aliphatic heterocycles. The SMILES string of the molecule is CN.CNc1nc(Cl)ncc1F.CO.Fc1cnc(Cl)nc1Cl. The molecule has 0 saturated heterocycles. The molecule has 7 nitrogen and oxygen atoms in total. The molecule has 0 atom stereocenters. The first-order chi connectivity index (χ1) is 10.9. The van der Waals surface area contributed by atoms with Gasteiger partial charge >= 0.3 is 0 Å². The summed E-state index contributed by atoms with van der Waals surface area (Å²) in [6, 6.07) is 0. The number of aliphatic hydroxyl groups is 1. The van der Waals surface area contributed by atoms with Crippen LogP contribution < -0.4 is 11.1 Å². The maximum Gasteiger partial charge on any atom is 0.224 e. The van der Waals surface area contributed by atoms with Gasteiger partial charge in [0.05, 0.1) is 12.4 Å². The minimum Gasteiger partial charge on any atom is -0.400 e. The summed E-state index contributed by atoms with van der Waals surface area (Å²) in [7, 11) is 4.06. The van der Waals surface area contributed by atoms with Gasteiger partial charge < -0.3 is 16.2 Å². The van der Waals surface area contributed by atoms with Crippen LogP contribution in [0.2, 0.25) is 15.7 Å². The molecule has 130 valence electrons. The van der Waals surface area contributed by atoms with Crippen molar-refractivity contribution in [2.75, 3.05) is 26.5 Å². The molecule has 2 heterocycles. The van der Waals surface area contributed by atoms with E-state index >= 15 is 0 Å². The maximum atomic E-state index is 12.5. The summed E-state index contributed by atoms with van der Waals surface area (Å²) in [5.41, 5.74) is 4.50. The van der Waals surface area contributed by atoms with Gasteiger partial charge in [0, 0.05) is 14.2 Å². The normalized spacial score (nSPS) is 8.43. The summed E-state index contributed by atoms with van der Waals surface area (Å²) in [6.07, 6.45) is 1.93. The summed E-state index contributed by atoms with van der Waals surface area (Å²) in [6.45, 7) is 0. The molecule has 0 fully saturated rings. The highest BCUT2D eigenvalue weighted by molar-refractivity contribution is 6.31. The van der Waals surface area contributed by atoms with Gasteiger partial charge in [-0.05, 0) is 30.2 Å². The quantitative estimate of drug-likeness (QED) is 0.506. The molecule has 2 rings (SSSR count). The van der Waals surface area contributed by atoms with E-state index in [1.54, 1.807) is 7.05 Å². The van der Waals surface area contributed by atoms with E-state index in [1.165, 1.54) is 7.05 Å². The zero-order chi connectivity index (χ0) is 18.4. The summed E-state index contributed by atoms with van der Waals surface area (Å²) in [5.74, 6) is -1.06. The lowest BCUT2D eigenvalue weighted by molar-refractivity contribution is 0.399. The molecular formula is C11H15Cl3F2N6O. The highest BCUT2D eigenvalue weighted by Gasteiger charge is 2.01. The molecule has 0 unspecified atom stereocenters. The van der Waals surface area contributed by atoms with Gasteiger partial charge in [-0.2, -0.15) is 4.98 Å². The van der Waals surface area contributed by atoms with Gasteiger partial charge in [-0.3, -0.25) is 0 Å². The summed E-state index contributed by atoms with van der Waals surface area (Å²) < 4.78 is 24.7. The number of anilines is 1. The van der Waals surface area contributed by atoms with Crippen molar-refractivity contribution in [3.63, 3.8) is 0 Å². The van der Waals surface area contributed by atoms with E-state index < -0.39 is 11.6 Å². The number of halogens is 5. The topological polar surface area (TPSA) is 110 Å². The van der Waals surface area contributed by atoms with Crippen LogP contribution in [0.4, 0.5) is 14.6 Å². The fourth-order valence-electron chi connectivity index (χ4n) is 0.847. The number of aromatic nitrogens is 4. The number of rotatable bonds is 1. The number of hydrogen-bond donors (Lipinski definition) is 3. The monoisotopic (exact) mass is 390 g/mol. The Bertz CT molecular complexity index is 579. The van der Waals surface area contributed by atoms with Crippen LogP contribution in [0, 0.1) is 11.6 Å². The molecule has 0 aromatic carbocycles. The Labute approximate surface area is 146 Å². The molecule has 0 aliphatic rings. The van der Waals surface area contributed by atoms with E-state index in [-0.39, 0.29) is 21.5 Å². The van der Waals surface area contributed by atoms with Gasteiger partial charge in [0.1, 0.15) is 0 Å². The van der Waals surface area contributed by atoms with Gasteiger partial charge in [-0.25, -0.2) is 23.7 Å². The van der Waals surface area contributed by atoms with Crippen molar-refractivity contribution < 1.29 is 13.9 Å². The highest BCUT2D eigenvalue weighted by atomic mass is 35.5. The second kappa shape index (κ2) is 14.2. The first-order valence-electron chi connectivity index (χ1n) is 5.65. The Morgan fingerprint density at radius 1 is 0.957 bits per heavy atom. The Kier molecular flexibility index (Phi) is 14.8. The van der Waals surface area contributed by atoms with Crippen molar-refractivity contribution in [1.82, 2.24) is 19.9 Å². The van der Waals surface area contributed by atoms with Gasteiger partial charge in [0.2, 0.25) is 10.6 Å². The molecular weight excluding hydrogens is 377 g/mol. The highest BCUT2D eigenvalue weighted by Crippen LogP contribution is 2.11. The van der Waals surface area contributed by atoms with Gasteiger partial charge in [-0.15, -0.1) is 0 Å². The smallest absolute Gasteiger partial charge is 0.224 e. The number of nitrogens with two attached hydrogens (primary N) is 1. The third kappa shape index (κ3) is 10.1. The van der Waals surface area contributed by atoms with Crippen molar-refractivity contribution in [3.8, 4) is 0 Å².